The van der Waals surface area contributed by atoms with E-state index in [0.717, 1.165) is 37.8 Å². The number of carbonyl (C=O) groups is 2. The van der Waals surface area contributed by atoms with E-state index in [1.165, 1.54) is 22.3 Å². The first kappa shape index (κ1) is 27.8. The Morgan fingerprint density at radius 1 is 1.07 bits per heavy atom. The highest BCUT2D eigenvalue weighted by Crippen LogP contribution is 2.66. The summed E-state index contributed by atoms with van der Waals surface area (Å²) in [6.45, 7) is 4.07. The number of allylic oxidation sites excluding steroid dienone is 4. The minimum Gasteiger partial charge on any atom is -0.377 e. The molecule has 2 N–H and O–H groups in total. The van der Waals surface area contributed by atoms with Crippen molar-refractivity contribution in [3.63, 3.8) is 0 Å². The lowest BCUT2D eigenvalue weighted by molar-refractivity contribution is -0.114. The van der Waals surface area contributed by atoms with Crippen molar-refractivity contribution >= 4 is 34.8 Å². The number of benzene rings is 2. The van der Waals surface area contributed by atoms with Crippen LogP contribution in [0, 0.1) is 29.1 Å². The number of halogens is 1. The van der Waals surface area contributed by atoms with Gasteiger partial charge in [0.05, 0.1) is 0 Å². The van der Waals surface area contributed by atoms with Crippen molar-refractivity contribution < 1.29 is 14.7 Å². The summed E-state index contributed by atoms with van der Waals surface area (Å²) in [5.74, 6) is 7.35. The minimum absolute atomic E-state index is 0.124. The molecule has 0 unspecified atom stereocenters. The van der Waals surface area contributed by atoms with Crippen LogP contribution in [-0.2, 0) is 4.79 Å². The van der Waals surface area contributed by atoms with Crippen molar-refractivity contribution in [2.45, 2.75) is 70.3 Å². The van der Waals surface area contributed by atoms with E-state index in [-0.39, 0.29) is 23.1 Å². The van der Waals surface area contributed by atoms with Crippen LogP contribution in [0.5, 0.6) is 0 Å². The number of ketones is 1. The first-order valence-electron chi connectivity index (χ1n) is 14.7. The maximum atomic E-state index is 13.0. The first-order chi connectivity index (χ1) is 19.6. The summed E-state index contributed by atoms with van der Waals surface area (Å²) in [5.41, 5.74) is 5.41. The molecule has 5 nitrogen and oxygen atoms in total. The molecule has 0 aliphatic heterocycles. The predicted molar refractivity (Wildman–Crippen MR) is 164 cm³/mol. The molecule has 4 aliphatic carbocycles. The number of rotatable bonds is 3. The van der Waals surface area contributed by atoms with E-state index in [9.17, 15) is 14.7 Å². The number of anilines is 2. The smallest absolute Gasteiger partial charge is 0.326 e. The molecule has 2 aromatic rings. The van der Waals surface area contributed by atoms with Crippen LogP contribution in [0.15, 0.2) is 71.3 Å². The van der Waals surface area contributed by atoms with Crippen LogP contribution in [0.4, 0.5) is 16.2 Å². The van der Waals surface area contributed by atoms with E-state index < -0.39 is 5.60 Å². The molecule has 2 fully saturated rings. The van der Waals surface area contributed by atoms with Gasteiger partial charge in [0.2, 0.25) is 0 Å². The Kier molecular flexibility index (Phi) is 7.12. The molecule has 212 valence electrons. The molecule has 6 heteroatoms. The molecule has 2 aromatic carbocycles. The average Bonchev–Trinajstić information content (AvgIpc) is 3.23. The zero-order valence-corrected chi connectivity index (χ0v) is 24.7. The molecule has 2 amide bonds. The summed E-state index contributed by atoms with van der Waals surface area (Å²) in [7, 11) is 1.76. The Balaban J connectivity index is 1.35. The summed E-state index contributed by atoms with van der Waals surface area (Å²) in [4.78, 5) is 26.9. The standard InChI is InChI=1S/C35H37ClN2O3/c1-4-18-35(41)19-17-31-29-15-7-23-20-27(39)14-16-28(23)32(29)30(21-34(31,35)2)22-5-12-26(13-6-22)38(3)33(40)37-25-10-8-24(36)9-11-25/h5-6,8-13,20,29-31,41H,7,14-17,19,21H2,1-3H3,(H,37,40)/t29-,30+,31-,34-,35-/m0/s1. The molecule has 41 heavy (non-hydrogen) atoms. The molecule has 2 saturated carbocycles. The van der Waals surface area contributed by atoms with Gasteiger partial charge in [0.1, 0.15) is 5.60 Å². The van der Waals surface area contributed by atoms with Crippen molar-refractivity contribution in [2.75, 3.05) is 17.3 Å². The van der Waals surface area contributed by atoms with Crippen LogP contribution < -0.4 is 10.2 Å². The number of hydrogen-bond donors (Lipinski definition) is 2. The molecular formula is C35H37ClN2O3. The number of urea groups is 1. The second-order valence-electron chi connectivity index (χ2n) is 12.4. The van der Waals surface area contributed by atoms with Crippen LogP contribution >= 0.6 is 11.6 Å². The highest BCUT2D eigenvalue weighted by molar-refractivity contribution is 6.30. The molecule has 0 spiro atoms. The normalized spacial score (nSPS) is 30.3. The number of nitrogens with zero attached hydrogens (tertiary/aromatic N) is 1. The van der Waals surface area contributed by atoms with E-state index in [2.05, 4.69) is 36.2 Å². The Hall–Kier alpha value is -3.33. The van der Waals surface area contributed by atoms with E-state index in [1.807, 2.05) is 25.1 Å². The molecule has 4 aliphatic rings. The van der Waals surface area contributed by atoms with E-state index in [1.54, 1.807) is 36.2 Å². The highest BCUT2D eigenvalue weighted by atomic mass is 35.5. The molecule has 0 radical (unpaired) electrons. The van der Waals surface area contributed by atoms with Gasteiger partial charge in [-0.1, -0.05) is 42.2 Å². The van der Waals surface area contributed by atoms with Gasteiger partial charge in [0, 0.05) is 41.2 Å². The lowest BCUT2D eigenvalue weighted by atomic mass is 9.51. The van der Waals surface area contributed by atoms with Gasteiger partial charge in [-0.2, -0.15) is 0 Å². The second-order valence-corrected chi connectivity index (χ2v) is 12.8. The Morgan fingerprint density at radius 3 is 2.51 bits per heavy atom. The molecule has 0 aromatic heterocycles. The number of amides is 2. The monoisotopic (exact) mass is 568 g/mol. The fourth-order valence-electron chi connectivity index (χ4n) is 8.16. The van der Waals surface area contributed by atoms with Crippen LogP contribution in [0.3, 0.4) is 0 Å². The van der Waals surface area contributed by atoms with Gasteiger partial charge in [-0.25, -0.2) is 4.79 Å². The van der Waals surface area contributed by atoms with Gasteiger partial charge in [-0.15, -0.1) is 5.92 Å². The number of hydrogen-bond acceptors (Lipinski definition) is 3. The fourth-order valence-corrected chi connectivity index (χ4v) is 8.29. The molecule has 0 heterocycles. The highest BCUT2D eigenvalue weighted by Gasteiger charge is 2.62. The topological polar surface area (TPSA) is 69.6 Å². The van der Waals surface area contributed by atoms with Gasteiger partial charge < -0.3 is 10.4 Å². The maximum Gasteiger partial charge on any atom is 0.326 e. The Morgan fingerprint density at radius 2 is 1.80 bits per heavy atom. The Labute approximate surface area is 247 Å². The summed E-state index contributed by atoms with van der Waals surface area (Å²) in [5, 5.41) is 15.4. The number of fused-ring (bicyclic) bond motifs is 4. The third-order valence-corrected chi connectivity index (χ3v) is 10.6. The number of aliphatic hydroxyl groups is 1. The van der Waals surface area contributed by atoms with Crippen LogP contribution in [0.1, 0.15) is 70.3 Å². The van der Waals surface area contributed by atoms with Crippen LogP contribution in [0.25, 0.3) is 0 Å². The first-order valence-corrected chi connectivity index (χ1v) is 15.0. The average molecular weight is 569 g/mol. The van der Waals surface area contributed by atoms with Gasteiger partial charge in [0.15, 0.2) is 5.78 Å². The molecule has 5 atom stereocenters. The zero-order valence-electron chi connectivity index (χ0n) is 24.0. The van der Waals surface area contributed by atoms with Crippen LogP contribution in [-0.4, -0.2) is 29.6 Å². The Bertz CT molecular complexity index is 1510. The van der Waals surface area contributed by atoms with E-state index in [0.29, 0.717) is 35.4 Å². The minimum atomic E-state index is -1.00. The van der Waals surface area contributed by atoms with Gasteiger partial charge >= 0.3 is 6.03 Å². The summed E-state index contributed by atoms with van der Waals surface area (Å²) >= 11 is 5.98. The molecule has 6 rings (SSSR count). The molecule has 0 bridgehead atoms. The summed E-state index contributed by atoms with van der Waals surface area (Å²) < 4.78 is 0. The fraction of sp³-hybridized carbons (Fsp3) is 0.429. The maximum absolute atomic E-state index is 13.0. The van der Waals surface area contributed by atoms with Crippen molar-refractivity contribution in [3.05, 3.63) is 81.9 Å². The van der Waals surface area contributed by atoms with Crippen molar-refractivity contribution in [2.24, 2.45) is 17.3 Å². The molecule has 0 saturated heterocycles. The lowest BCUT2D eigenvalue weighted by Crippen LogP contribution is -2.51. The summed E-state index contributed by atoms with van der Waals surface area (Å²) in [6.07, 6.45) is 7.69. The van der Waals surface area contributed by atoms with Gasteiger partial charge in [-0.3, -0.25) is 9.69 Å². The third-order valence-electron chi connectivity index (χ3n) is 10.3. The van der Waals surface area contributed by atoms with Crippen LogP contribution in [0.2, 0.25) is 5.02 Å². The number of nitrogens with one attached hydrogen (secondary N) is 1. The molecular weight excluding hydrogens is 532 g/mol. The van der Waals surface area contributed by atoms with Crippen molar-refractivity contribution in [1.29, 1.82) is 0 Å². The summed E-state index contributed by atoms with van der Waals surface area (Å²) in [6, 6.07) is 15.1. The van der Waals surface area contributed by atoms with E-state index in [4.69, 9.17) is 11.6 Å². The van der Waals surface area contributed by atoms with Crippen molar-refractivity contribution in [3.8, 4) is 11.8 Å². The lowest BCUT2D eigenvalue weighted by Gasteiger charge is -2.53. The van der Waals surface area contributed by atoms with E-state index >= 15 is 0 Å². The quantitative estimate of drug-likeness (QED) is 0.373. The largest absolute Gasteiger partial charge is 0.377 e. The SMILES string of the molecule is CC#C[C@]1(O)CC[C@H]2[C@@H]3CCC4=CC(=O)CCC4=C3[C@@H](c3ccc(N(C)C(=O)Nc4ccc(Cl)cc4)cc3)C[C@@]21C. The second kappa shape index (κ2) is 10.5. The predicted octanol–water partition coefficient (Wildman–Crippen LogP) is 7.66. The zero-order chi connectivity index (χ0) is 28.9. The van der Waals surface area contributed by atoms with Gasteiger partial charge in [0.25, 0.3) is 0 Å². The number of carbonyl (C=O) groups excluding carboxylic acids is 2. The third kappa shape index (κ3) is 4.72. The van der Waals surface area contributed by atoms with Gasteiger partial charge in [-0.05, 0) is 116 Å². The van der Waals surface area contributed by atoms with Crippen molar-refractivity contribution in [1.82, 2.24) is 0 Å².